The SMILES string of the molecule is O=C(C[C@@H]1C[C@@H]2c3cc(NC(=O)c4ccc5c(c4)OCO5)ccc3O[C@@H]2[C@H](CO)O1)NCc1cc(F)ccc1F. The first kappa shape index (κ1) is 26.0. The third-order valence-electron chi connectivity index (χ3n) is 7.29. The monoisotopic (exact) mass is 552 g/mol. The van der Waals surface area contributed by atoms with E-state index in [0.717, 1.165) is 23.8 Å². The molecule has 0 unspecified atom stereocenters. The van der Waals surface area contributed by atoms with Crippen molar-refractivity contribution in [1.29, 1.82) is 0 Å². The molecule has 1 fully saturated rings. The molecule has 0 bridgehead atoms. The molecule has 3 aromatic carbocycles. The van der Waals surface area contributed by atoms with E-state index >= 15 is 0 Å². The van der Waals surface area contributed by atoms with Crippen molar-refractivity contribution >= 4 is 17.5 Å². The predicted molar refractivity (Wildman–Crippen MR) is 137 cm³/mol. The third-order valence-corrected chi connectivity index (χ3v) is 7.29. The van der Waals surface area contributed by atoms with Crippen molar-refractivity contribution in [3.63, 3.8) is 0 Å². The van der Waals surface area contributed by atoms with Crippen LogP contribution in [0.3, 0.4) is 0 Å². The van der Waals surface area contributed by atoms with Crippen molar-refractivity contribution in [1.82, 2.24) is 5.32 Å². The summed E-state index contributed by atoms with van der Waals surface area (Å²) in [5.74, 6) is -0.410. The van der Waals surface area contributed by atoms with Gasteiger partial charge in [-0.1, -0.05) is 0 Å². The molecule has 0 aliphatic carbocycles. The Hall–Kier alpha value is -4.22. The summed E-state index contributed by atoms with van der Waals surface area (Å²) in [6.45, 7) is -0.362. The van der Waals surface area contributed by atoms with Crippen LogP contribution in [0.4, 0.5) is 14.5 Å². The lowest BCUT2D eigenvalue weighted by molar-refractivity contribution is -0.142. The van der Waals surface area contributed by atoms with Gasteiger partial charge in [-0.05, 0) is 61.0 Å². The molecule has 6 rings (SSSR count). The van der Waals surface area contributed by atoms with Gasteiger partial charge in [0.15, 0.2) is 11.5 Å². The van der Waals surface area contributed by atoms with Crippen molar-refractivity contribution in [2.75, 3.05) is 18.7 Å². The number of hydrogen-bond donors (Lipinski definition) is 3. The van der Waals surface area contributed by atoms with E-state index in [1.807, 2.05) is 6.07 Å². The highest BCUT2D eigenvalue weighted by Crippen LogP contribution is 2.47. The topological polar surface area (TPSA) is 115 Å². The van der Waals surface area contributed by atoms with Crippen LogP contribution in [0.25, 0.3) is 0 Å². The van der Waals surface area contributed by atoms with Crippen LogP contribution < -0.4 is 24.8 Å². The second kappa shape index (κ2) is 10.7. The summed E-state index contributed by atoms with van der Waals surface area (Å²) in [5.41, 5.74) is 1.85. The molecular formula is C29H26F2N2O7. The lowest BCUT2D eigenvalue weighted by Gasteiger charge is -2.37. The van der Waals surface area contributed by atoms with Crippen LogP contribution in [0, 0.1) is 11.6 Å². The quantitative estimate of drug-likeness (QED) is 0.410. The van der Waals surface area contributed by atoms with Gasteiger partial charge in [-0.15, -0.1) is 0 Å². The molecule has 11 heteroatoms. The Morgan fingerprint density at radius 1 is 0.975 bits per heavy atom. The minimum atomic E-state index is -0.670. The Kier molecular flexibility index (Phi) is 6.99. The summed E-state index contributed by atoms with van der Waals surface area (Å²) in [7, 11) is 0. The number of carbonyl (C=O) groups excluding carboxylic acids is 2. The van der Waals surface area contributed by atoms with Crippen molar-refractivity contribution in [2.45, 2.75) is 43.6 Å². The Balaban J connectivity index is 1.13. The number of ether oxygens (including phenoxy) is 4. The molecule has 0 aromatic heterocycles. The third kappa shape index (κ3) is 5.17. The fourth-order valence-electron chi connectivity index (χ4n) is 5.36. The van der Waals surface area contributed by atoms with Crippen molar-refractivity contribution in [2.24, 2.45) is 0 Å². The number of rotatable bonds is 7. The highest BCUT2D eigenvalue weighted by molar-refractivity contribution is 6.04. The van der Waals surface area contributed by atoms with Gasteiger partial charge in [0.25, 0.3) is 5.91 Å². The molecule has 0 radical (unpaired) electrons. The average molecular weight is 553 g/mol. The number of aliphatic hydroxyl groups is 1. The lowest BCUT2D eigenvalue weighted by atomic mass is 9.84. The first-order valence-electron chi connectivity index (χ1n) is 12.9. The van der Waals surface area contributed by atoms with Crippen molar-refractivity contribution in [3.05, 3.63) is 82.9 Å². The summed E-state index contributed by atoms with van der Waals surface area (Å²) in [6, 6.07) is 13.3. The van der Waals surface area contributed by atoms with E-state index in [2.05, 4.69) is 10.6 Å². The van der Waals surface area contributed by atoms with Crippen molar-refractivity contribution < 1.29 is 42.4 Å². The maximum atomic E-state index is 13.9. The highest BCUT2D eigenvalue weighted by atomic mass is 19.1. The van der Waals surface area contributed by atoms with Crippen LogP contribution in [0.1, 0.15) is 40.2 Å². The van der Waals surface area contributed by atoms with Crippen LogP contribution in [-0.2, 0) is 16.1 Å². The number of anilines is 1. The molecule has 40 heavy (non-hydrogen) atoms. The van der Waals surface area contributed by atoms with E-state index in [0.29, 0.717) is 34.9 Å². The Labute approximate surface area is 228 Å². The van der Waals surface area contributed by atoms with Crippen LogP contribution >= 0.6 is 0 Å². The van der Waals surface area contributed by atoms with E-state index < -0.39 is 35.9 Å². The smallest absolute Gasteiger partial charge is 0.255 e. The van der Waals surface area contributed by atoms with Crippen LogP contribution in [0.5, 0.6) is 17.2 Å². The number of amides is 2. The van der Waals surface area contributed by atoms with Gasteiger partial charge in [0, 0.05) is 34.8 Å². The molecule has 1 saturated heterocycles. The van der Waals surface area contributed by atoms with Gasteiger partial charge < -0.3 is 34.7 Å². The second-order valence-corrected chi connectivity index (χ2v) is 9.90. The Bertz CT molecular complexity index is 1470. The van der Waals surface area contributed by atoms with Gasteiger partial charge >= 0.3 is 0 Å². The van der Waals surface area contributed by atoms with Gasteiger partial charge in [0.2, 0.25) is 12.7 Å². The maximum absolute atomic E-state index is 13.9. The highest BCUT2D eigenvalue weighted by Gasteiger charge is 2.46. The fraction of sp³-hybridized carbons (Fsp3) is 0.310. The van der Waals surface area contributed by atoms with E-state index in [-0.39, 0.29) is 43.8 Å². The van der Waals surface area contributed by atoms with E-state index in [1.54, 1.807) is 30.3 Å². The molecule has 3 heterocycles. The van der Waals surface area contributed by atoms with Gasteiger partial charge in [-0.2, -0.15) is 0 Å². The minimum absolute atomic E-state index is 0.0352. The second-order valence-electron chi connectivity index (χ2n) is 9.90. The average Bonchev–Trinajstić information content (AvgIpc) is 3.57. The Morgan fingerprint density at radius 2 is 1.80 bits per heavy atom. The number of halogens is 2. The summed E-state index contributed by atoms with van der Waals surface area (Å²) in [4.78, 5) is 25.5. The van der Waals surface area contributed by atoms with Gasteiger partial charge in [0.05, 0.1) is 19.1 Å². The van der Waals surface area contributed by atoms with Crippen molar-refractivity contribution in [3.8, 4) is 17.2 Å². The molecule has 0 spiro atoms. The summed E-state index contributed by atoms with van der Waals surface area (Å²) < 4.78 is 50.0. The number of hydrogen-bond acceptors (Lipinski definition) is 7. The summed E-state index contributed by atoms with van der Waals surface area (Å²) in [6.07, 6.45) is -1.28. The normalized spacial score (nSPS) is 22.2. The van der Waals surface area contributed by atoms with Gasteiger partial charge in [-0.25, -0.2) is 8.78 Å². The lowest BCUT2D eigenvalue weighted by Crippen LogP contribution is -2.47. The molecule has 4 atom stereocenters. The molecule has 3 aliphatic heterocycles. The predicted octanol–water partition coefficient (Wildman–Crippen LogP) is 3.65. The molecule has 0 saturated carbocycles. The molecule has 3 aliphatic rings. The minimum Gasteiger partial charge on any atom is -0.487 e. The molecule has 208 valence electrons. The van der Waals surface area contributed by atoms with Crippen LogP contribution in [-0.4, -0.2) is 48.6 Å². The zero-order chi connectivity index (χ0) is 27.8. The first-order chi connectivity index (χ1) is 19.4. The number of carbonyl (C=O) groups is 2. The fourth-order valence-corrected chi connectivity index (χ4v) is 5.36. The molecular weight excluding hydrogens is 526 g/mol. The van der Waals surface area contributed by atoms with Gasteiger partial charge in [-0.3, -0.25) is 9.59 Å². The summed E-state index contributed by atoms with van der Waals surface area (Å²) in [5, 5.41) is 15.5. The largest absolute Gasteiger partial charge is 0.487 e. The van der Waals surface area contributed by atoms with Crippen LogP contribution in [0.2, 0.25) is 0 Å². The molecule has 3 N–H and O–H groups in total. The van der Waals surface area contributed by atoms with E-state index in [1.165, 1.54) is 0 Å². The van der Waals surface area contributed by atoms with Gasteiger partial charge in [0.1, 0.15) is 29.6 Å². The number of aliphatic hydroxyl groups excluding tert-OH is 1. The van der Waals surface area contributed by atoms with E-state index in [9.17, 15) is 23.5 Å². The zero-order valence-corrected chi connectivity index (χ0v) is 21.2. The molecule has 9 nitrogen and oxygen atoms in total. The molecule has 3 aromatic rings. The molecule has 2 amide bonds. The number of benzene rings is 3. The standard InChI is InChI=1S/C29H26F2N2O7/c30-17-2-4-22(31)16(7-17)12-32-27(35)11-19-10-21-20-9-18(3-6-23(20)40-28(21)26(13-34)39-19)33-29(36)15-1-5-24-25(8-15)38-14-37-24/h1-9,19,21,26,28,34H,10-14H2,(H,32,35)(H,33,36)/t19-,21+,26-,28-/m0/s1. The summed E-state index contributed by atoms with van der Waals surface area (Å²) >= 11 is 0. The number of fused-ring (bicyclic) bond motifs is 4. The van der Waals surface area contributed by atoms with E-state index in [4.69, 9.17) is 18.9 Å². The number of nitrogens with one attached hydrogen (secondary N) is 2. The first-order valence-corrected chi connectivity index (χ1v) is 12.9. The zero-order valence-electron chi connectivity index (χ0n) is 21.2. The maximum Gasteiger partial charge on any atom is 0.255 e. The Morgan fingerprint density at radius 3 is 2.65 bits per heavy atom. The van der Waals surface area contributed by atoms with Crippen LogP contribution in [0.15, 0.2) is 54.6 Å².